The van der Waals surface area contributed by atoms with E-state index in [1.165, 1.54) is 40.7 Å². The molecule has 0 heterocycles. The van der Waals surface area contributed by atoms with Crippen LogP contribution < -0.4 is 33.1 Å². The lowest BCUT2D eigenvalue weighted by atomic mass is 10.2. The highest BCUT2D eigenvalue weighted by Crippen LogP contribution is 2.58. The second-order valence-corrected chi connectivity index (χ2v) is 12.0. The summed E-state index contributed by atoms with van der Waals surface area (Å²) < 4.78 is 6.00. The van der Waals surface area contributed by atoms with E-state index in [1.807, 2.05) is 0 Å². The number of ether oxygens (including phenoxy) is 1. The molecule has 0 spiro atoms. The Bertz CT molecular complexity index is 986. The van der Waals surface area contributed by atoms with Crippen LogP contribution in [0.3, 0.4) is 0 Å². The highest BCUT2D eigenvalue weighted by Gasteiger charge is 2.45. The van der Waals surface area contributed by atoms with Gasteiger partial charge in [0.15, 0.2) is 0 Å². The van der Waals surface area contributed by atoms with Crippen LogP contribution in [0.25, 0.3) is 0 Å². The first-order valence-electron chi connectivity index (χ1n) is 12.1. The van der Waals surface area contributed by atoms with Crippen molar-refractivity contribution in [3.63, 3.8) is 0 Å². The summed E-state index contributed by atoms with van der Waals surface area (Å²) >= 11 is 0. The zero-order chi connectivity index (χ0) is 22.8. The summed E-state index contributed by atoms with van der Waals surface area (Å²) in [5.41, 5.74) is 1.35. The van der Waals surface area contributed by atoms with E-state index in [0.29, 0.717) is 0 Å². The Morgan fingerprint density at radius 1 is 0.559 bits per heavy atom. The molecule has 0 aliphatic rings. The number of hydrogen-bond donors (Lipinski definition) is 0. The Kier molecular flexibility index (Phi) is 10.2. The van der Waals surface area contributed by atoms with Crippen LogP contribution in [-0.2, 0) is 6.16 Å². The normalized spacial score (nSPS) is 11.0. The maximum absolute atomic E-state index is 6.00. The second kappa shape index (κ2) is 13.3. The first-order valence-corrected chi connectivity index (χ1v) is 14.1. The van der Waals surface area contributed by atoms with Gasteiger partial charge in [0.05, 0.1) is 12.8 Å². The van der Waals surface area contributed by atoms with Gasteiger partial charge in [-0.25, -0.2) is 0 Å². The quantitative estimate of drug-likeness (QED) is 0.228. The Hall–Kier alpha value is -2.60. The monoisotopic (exact) mass is 488 g/mol. The maximum Gasteiger partial charge on any atom is 0.119 e. The zero-order valence-corrected chi connectivity index (χ0v) is 21.6. The van der Waals surface area contributed by atoms with Gasteiger partial charge in [0.2, 0.25) is 0 Å². The first-order chi connectivity index (χ1) is 16.3. The van der Waals surface area contributed by atoms with E-state index >= 15 is 0 Å². The first kappa shape index (κ1) is 26.0. The molecular weight excluding hydrogens is 455 g/mol. The number of halogens is 1. The van der Waals surface area contributed by atoms with Crippen molar-refractivity contribution in [2.45, 2.75) is 38.8 Å². The van der Waals surface area contributed by atoms with Gasteiger partial charge in [-0.15, -0.1) is 0 Å². The summed E-state index contributed by atoms with van der Waals surface area (Å²) in [5, 5.41) is 4.25. The SMILES string of the molecule is CCCCCCOc1ccc(C[P+](c2ccccc2)(c2ccccc2)c2ccccc2)cc1.[Cl-]. The molecule has 0 aliphatic carbocycles. The van der Waals surface area contributed by atoms with Crippen LogP contribution in [0.15, 0.2) is 115 Å². The topological polar surface area (TPSA) is 9.23 Å². The number of unbranched alkanes of at least 4 members (excludes halogenated alkanes) is 3. The molecule has 0 aliphatic heterocycles. The largest absolute Gasteiger partial charge is 1.00 e. The molecule has 3 heteroatoms. The molecule has 4 aromatic rings. The molecule has 0 amide bonds. The van der Waals surface area contributed by atoms with E-state index in [4.69, 9.17) is 4.74 Å². The second-order valence-electron chi connectivity index (χ2n) is 8.53. The van der Waals surface area contributed by atoms with Gasteiger partial charge in [-0.2, -0.15) is 0 Å². The third kappa shape index (κ3) is 6.29. The van der Waals surface area contributed by atoms with Crippen molar-refractivity contribution in [3.8, 4) is 5.75 Å². The molecule has 0 bridgehead atoms. The van der Waals surface area contributed by atoms with E-state index in [9.17, 15) is 0 Å². The molecule has 0 radical (unpaired) electrons. The molecule has 0 aromatic heterocycles. The van der Waals surface area contributed by atoms with Gasteiger partial charge in [0, 0.05) is 0 Å². The minimum Gasteiger partial charge on any atom is -1.00 e. The highest BCUT2D eigenvalue weighted by atomic mass is 35.5. The van der Waals surface area contributed by atoms with Gasteiger partial charge in [0.1, 0.15) is 28.9 Å². The van der Waals surface area contributed by atoms with E-state index in [0.717, 1.165) is 24.9 Å². The van der Waals surface area contributed by atoms with Crippen LogP contribution in [0.2, 0.25) is 0 Å². The summed E-state index contributed by atoms with van der Waals surface area (Å²) in [6.45, 7) is 3.04. The average Bonchev–Trinajstić information content (AvgIpc) is 2.89. The van der Waals surface area contributed by atoms with Gasteiger partial charge in [-0.05, 0) is 60.5 Å². The van der Waals surface area contributed by atoms with Crippen molar-refractivity contribution in [2.75, 3.05) is 6.61 Å². The van der Waals surface area contributed by atoms with Crippen molar-refractivity contribution in [1.82, 2.24) is 0 Å². The van der Waals surface area contributed by atoms with Crippen molar-refractivity contribution in [2.24, 2.45) is 0 Å². The fraction of sp³-hybridized carbons (Fsp3) is 0.226. The molecule has 0 saturated heterocycles. The Balaban J connectivity index is 0.00000324. The van der Waals surface area contributed by atoms with E-state index in [1.54, 1.807) is 0 Å². The van der Waals surface area contributed by atoms with Gasteiger partial charge in [-0.3, -0.25) is 0 Å². The number of hydrogen-bond acceptors (Lipinski definition) is 1. The lowest BCUT2D eigenvalue weighted by Gasteiger charge is -2.28. The maximum atomic E-state index is 6.00. The van der Waals surface area contributed by atoms with Crippen LogP contribution in [0.4, 0.5) is 0 Å². The average molecular weight is 489 g/mol. The lowest BCUT2D eigenvalue weighted by Crippen LogP contribution is -3.00. The summed E-state index contributed by atoms with van der Waals surface area (Å²) in [7, 11) is -1.86. The fourth-order valence-corrected chi connectivity index (χ4v) is 8.70. The standard InChI is InChI=1S/C31H34OP.ClH/c1-2-3-4-14-25-32-28-23-21-27(22-24-28)26-33(29-15-8-5-9-16-29,30-17-10-6-11-18-30)31-19-12-7-13-20-31;/h5-13,15-24H,2-4,14,25-26H2,1H3;1H/q+1;/p-1. The minimum absolute atomic E-state index is 0. The predicted octanol–water partition coefficient (Wildman–Crippen LogP) is 4.14. The van der Waals surface area contributed by atoms with Crippen LogP contribution in [0.5, 0.6) is 5.75 Å². The molecule has 176 valence electrons. The van der Waals surface area contributed by atoms with Crippen molar-refractivity contribution in [3.05, 3.63) is 121 Å². The number of rotatable bonds is 11. The Morgan fingerprint density at radius 3 is 1.47 bits per heavy atom. The molecule has 0 unspecified atom stereocenters. The van der Waals surface area contributed by atoms with Crippen molar-refractivity contribution >= 4 is 23.2 Å². The highest BCUT2D eigenvalue weighted by molar-refractivity contribution is 7.95. The minimum atomic E-state index is -1.86. The Morgan fingerprint density at radius 2 is 1.03 bits per heavy atom. The number of benzene rings is 4. The third-order valence-electron chi connectivity index (χ3n) is 6.20. The molecule has 0 saturated carbocycles. The van der Waals surface area contributed by atoms with Gasteiger partial charge >= 0.3 is 0 Å². The van der Waals surface area contributed by atoms with Crippen molar-refractivity contribution < 1.29 is 17.1 Å². The molecule has 0 N–H and O–H groups in total. The van der Waals surface area contributed by atoms with Gasteiger partial charge in [0.25, 0.3) is 0 Å². The lowest BCUT2D eigenvalue weighted by molar-refractivity contribution is -0.00000707. The van der Waals surface area contributed by atoms with Crippen LogP contribution in [0, 0.1) is 0 Å². The Labute approximate surface area is 212 Å². The molecular formula is C31H34ClOP. The predicted molar refractivity (Wildman–Crippen MR) is 145 cm³/mol. The molecule has 0 fully saturated rings. The van der Waals surface area contributed by atoms with Gasteiger partial charge < -0.3 is 17.1 Å². The summed E-state index contributed by atoms with van der Waals surface area (Å²) in [6.07, 6.45) is 5.89. The smallest absolute Gasteiger partial charge is 0.119 e. The van der Waals surface area contributed by atoms with Crippen LogP contribution in [0.1, 0.15) is 38.2 Å². The van der Waals surface area contributed by atoms with E-state index in [-0.39, 0.29) is 12.4 Å². The van der Waals surface area contributed by atoms with Crippen LogP contribution >= 0.6 is 7.26 Å². The molecule has 0 atom stereocenters. The van der Waals surface area contributed by atoms with Crippen molar-refractivity contribution in [1.29, 1.82) is 0 Å². The van der Waals surface area contributed by atoms with Crippen LogP contribution in [-0.4, -0.2) is 6.61 Å². The summed E-state index contributed by atoms with van der Waals surface area (Å²) in [6, 6.07) is 42.0. The molecule has 1 nitrogen and oxygen atoms in total. The van der Waals surface area contributed by atoms with Gasteiger partial charge in [-0.1, -0.05) is 92.9 Å². The summed E-state index contributed by atoms with van der Waals surface area (Å²) in [4.78, 5) is 0. The van der Waals surface area contributed by atoms with E-state index in [2.05, 4.69) is 122 Å². The van der Waals surface area contributed by atoms with E-state index < -0.39 is 7.26 Å². The zero-order valence-electron chi connectivity index (χ0n) is 19.9. The fourth-order valence-electron chi connectivity index (χ4n) is 4.45. The third-order valence-corrected chi connectivity index (χ3v) is 10.6. The molecule has 4 rings (SSSR count). The molecule has 4 aromatic carbocycles. The molecule has 34 heavy (non-hydrogen) atoms. The summed E-state index contributed by atoms with van der Waals surface area (Å²) in [5.74, 6) is 0.971.